The van der Waals surface area contributed by atoms with E-state index in [1.807, 2.05) is 54.6 Å². The molecule has 0 bridgehead atoms. The SMILES string of the molecule is CN(C(=O)Cc1nc2ccccc2nc1Cl)c1ccccc1. The lowest BCUT2D eigenvalue weighted by Gasteiger charge is -2.17. The van der Waals surface area contributed by atoms with Crippen LogP contribution >= 0.6 is 11.6 Å². The van der Waals surface area contributed by atoms with Gasteiger partial charge in [-0.15, -0.1) is 0 Å². The molecule has 0 saturated carbocycles. The van der Waals surface area contributed by atoms with Gasteiger partial charge in [-0.1, -0.05) is 41.9 Å². The summed E-state index contributed by atoms with van der Waals surface area (Å²) in [6.07, 6.45) is 0.113. The molecule has 110 valence electrons. The first-order chi connectivity index (χ1) is 10.6. The molecule has 0 N–H and O–H groups in total. The largest absolute Gasteiger partial charge is 0.315 e. The smallest absolute Gasteiger partial charge is 0.232 e. The molecule has 4 nitrogen and oxygen atoms in total. The van der Waals surface area contributed by atoms with Gasteiger partial charge in [-0.3, -0.25) is 4.79 Å². The van der Waals surface area contributed by atoms with Gasteiger partial charge in [-0.05, 0) is 24.3 Å². The van der Waals surface area contributed by atoms with Crippen LogP contribution in [0.1, 0.15) is 5.69 Å². The van der Waals surface area contributed by atoms with Crippen LogP contribution in [-0.2, 0) is 11.2 Å². The van der Waals surface area contributed by atoms with E-state index in [2.05, 4.69) is 9.97 Å². The number of carbonyl (C=O) groups excluding carboxylic acids is 1. The Bertz CT molecular complexity index is 821. The van der Waals surface area contributed by atoms with Gasteiger partial charge in [0.2, 0.25) is 5.91 Å². The Hall–Kier alpha value is -2.46. The molecule has 1 amide bonds. The zero-order valence-electron chi connectivity index (χ0n) is 12.0. The third-order valence-corrected chi connectivity index (χ3v) is 3.73. The van der Waals surface area contributed by atoms with Crippen molar-refractivity contribution in [1.82, 2.24) is 9.97 Å². The van der Waals surface area contributed by atoms with E-state index in [1.165, 1.54) is 0 Å². The number of hydrogen-bond acceptors (Lipinski definition) is 3. The second kappa shape index (κ2) is 6.12. The highest BCUT2D eigenvalue weighted by Crippen LogP contribution is 2.19. The molecule has 1 heterocycles. The van der Waals surface area contributed by atoms with Gasteiger partial charge in [0.1, 0.15) is 0 Å². The molecule has 5 heteroatoms. The van der Waals surface area contributed by atoms with E-state index in [-0.39, 0.29) is 17.5 Å². The summed E-state index contributed by atoms with van der Waals surface area (Å²) in [6.45, 7) is 0. The molecule has 0 aliphatic heterocycles. The number of aromatic nitrogens is 2. The lowest BCUT2D eigenvalue weighted by Crippen LogP contribution is -2.28. The summed E-state index contributed by atoms with van der Waals surface area (Å²) in [4.78, 5) is 22.7. The van der Waals surface area contributed by atoms with E-state index in [4.69, 9.17) is 11.6 Å². The Balaban J connectivity index is 1.86. The number of benzene rings is 2. The molecule has 0 spiro atoms. The minimum Gasteiger partial charge on any atom is -0.315 e. The number of likely N-dealkylation sites (N-methyl/N-ethyl adjacent to an activating group) is 1. The molecule has 0 unspecified atom stereocenters. The zero-order chi connectivity index (χ0) is 15.5. The third-order valence-electron chi connectivity index (χ3n) is 3.43. The second-order valence-corrected chi connectivity index (χ2v) is 5.27. The van der Waals surface area contributed by atoms with Crippen molar-refractivity contribution in [2.45, 2.75) is 6.42 Å². The molecule has 3 rings (SSSR count). The lowest BCUT2D eigenvalue weighted by molar-refractivity contribution is -0.117. The molecule has 0 aliphatic rings. The molecular weight excluding hydrogens is 298 g/mol. The Morgan fingerprint density at radius 3 is 2.27 bits per heavy atom. The number of anilines is 1. The van der Waals surface area contributed by atoms with Gasteiger partial charge < -0.3 is 4.90 Å². The first-order valence-electron chi connectivity index (χ1n) is 6.88. The van der Waals surface area contributed by atoms with Crippen molar-refractivity contribution in [2.75, 3.05) is 11.9 Å². The number of nitrogens with zero attached hydrogens (tertiary/aromatic N) is 3. The van der Waals surface area contributed by atoms with Crippen LogP contribution in [0.15, 0.2) is 54.6 Å². The fraction of sp³-hybridized carbons (Fsp3) is 0.118. The summed E-state index contributed by atoms with van der Waals surface area (Å²) < 4.78 is 0. The summed E-state index contributed by atoms with van der Waals surface area (Å²) in [6, 6.07) is 16.9. The molecule has 2 aromatic carbocycles. The van der Waals surface area contributed by atoms with Crippen molar-refractivity contribution in [3.05, 3.63) is 65.4 Å². The summed E-state index contributed by atoms with van der Waals surface area (Å²) >= 11 is 6.15. The maximum atomic E-state index is 12.4. The molecule has 22 heavy (non-hydrogen) atoms. The van der Waals surface area contributed by atoms with E-state index < -0.39 is 0 Å². The quantitative estimate of drug-likeness (QED) is 0.744. The lowest BCUT2D eigenvalue weighted by atomic mass is 10.2. The van der Waals surface area contributed by atoms with Gasteiger partial charge in [0.25, 0.3) is 0 Å². The second-order valence-electron chi connectivity index (χ2n) is 4.91. The molecular formula is C17H14ClN3O. The average molecular weight is 312 g/mol. The number of amides is 1. The Labute approximate surface area is 133 Å². The molecule has 3 aromatic rings. The molecule has 0 saturated heterocycles. The molecule has 0 fully saturated rings. The highest BCUT2D eigenvalue weighted by molar-refractivity contribution is 6.30. The molecule has 0 aliphatic carbocycles. The van der Waals surface area contributed by atoms with E-state index in [1.54, 1.807) is 11.9 Å². The zero-order valence-corrected chi connectivity index (χ0v) is 12.8. The van der Waals surface area contributed by atoms with Gasteiger partial charge in [-0.25, -0.2) is 9.97 Å². The summed E-state index contributed by atoms with van der Waals surface area (Å²) in [7, 11) is 1.74. The number of carbonyl (C=O) groups is 1. The Kier molecular flexibility index (Phi) is 4.02. The average Bonchev–Trinajstić information content (AvgIpc) is 2.55. The normalized spacial score (nSPS) is 10.6. The predicted molar refractivity (Wildman–Crippen MR) is 88.1 cm³/mol. The predicted octanol–water partition coefficient (Wildman–Crippen LogP) is 3.49. The van der Waals surface area contributed by atoms with E-state index in [0.717, 1.165) is 16.7 Å². The van der Waals surface area contributed by atoms with Crippen LogP contribution in [-0.4, -0.2) is 22.9 Å². The van der Waals surface area contributed by atoms with Crippen molar-refractivity contribution in [2.24, 2.45) is 0 Å². The maximum absolute atomic E-state index is 12.4. The standard InChI is InChI=1S/C17H14ClN3O/c1-21(12-7-3-2-4-8-12)16(22)11-15-17(18)20-14-10-6-5-9-13(14)19-15/h2-10H,11H2,1H3. The van der Waals surface area contributed by atoms with E-state index in [0.29, 0.717) is 5.69 Å². The van der Waals surface area contributed by atoms with Gasteiger partial charge >= 0.3 is 0 Å². The number of fused-ring (bicyclic) bond motifs is 1. The fourth-order valence-corrected chi connectivity index (χ4v) is 2.39. The first-order valence-corrected chi connectivity index (χ1v) is 7.26. The van der Waals surface area contributed by atoms with Crippen LogP contribution in [0, 0.1) is 0 Å². The molecule has 0 radical (unpaired) electrons. The maximum Gasteiger partial charge on any atom is 0.232 e. The number of hydrogen-bond donors (Lipinski definition) is 0. The number of para-hydroxylation sites is 3. The van der Waals surface area contributed by atoms with Gasteiger partial charge in [0.05, 0.1) is 23.1 Å². The van der Waals surface area contributed by atoms with Crippen molar-refractivity contribution >= 4 is 34.2 Å². The molecule has 0 atom stereocenters. The van der Waals surface area contributed by atoms with Gasteiger partial charge in [-0.2, -0.15) is 0 Å². The van der Waals surface area contributed by atoms with Crippen molar-refractivity contribution < 1.29 is 4.79 Å². The highest BCUT2D eigenvalue weighted by Gasteiger charge is 2.15. The van der Waals surface area contributed by atoms with Crippen LogP contribution in [0.3, 0.4) is 0 Å². The van der Waals surface area contributed by atoms with Crippen LogP contribution in [0.4, 0.5) is 5.69 Å². The monoisotopic (exact) mass is 311 g/mol. The summed E-state index contributed by atoms with van der Waals surface area (Å²) in [5.41, 5.74) is 2.78. The fourth-order valence-electron chi connectivity index (χ4n) is 2.18. The third kappa shape index (κ3) is 2.92. The minimum absolute atomic E-state index is 0.0855. The van der Waals surface area contributed by atoms with Crippen LogP contribution < -0.4 is 4.90 Å². The number of rotatable bonds is 3. The van der Waals surface area contributed by atoms with Gasteiger partial charge in [0.15, 0.2) is 5.15 Å². The summed E-state index contributed by atoms with van der Waals surface area (Å²) in [5.74, 6) is -0.0855. The summed E-state index contributed by atoms with van der Waals surface area (Å²) in [5, 5.41) is 0.272. The van der Waals surface area contributed by atoms with Crippen LogP contribution in [0.25, 0.3) is 11.0 Å². The van der Waals surface area contributed by atoms with E-state index in [9.17, 15) is 4.79 Å². The topological polar surface area (TPSA) is 46.1 Å². The van der Waals surface area contributed by atoms with Crippen LogP contribution in [0.2, 0.25) is 5.15 Å². The van der Waals surface area contributed by atoms with Crippen molar-refractivity contribution in [3.8, 4) is 0 Å². The Morgan fingerprint density at radius 2 is 1.59 bits per heavy atom. The van der Waals surface area contributed by atoms with Crippen molar-refractivity contribution in [1.29, 1.82) is 0 Å². The number of halogens is 1. The van der Waals surface area contributed by atoms with Crippen LogP contribution in [0.5, 0.6) is 0 Å². The Morgan fingerprint density at radius 1 is 1.00 bits per heavy atom. The highest BCUT2D eigenvalue weighted by atomic mass is 35.5. The van der Waals surface area contributed by atoms with Crippen molar-refractivity contribution in [3.63, 3.8) is 0 Å². The van der Waals surface area contributed by atoms with E-state index >= 15 is 0 Å². The minimum atomic E-state index is -0.0855. The first kappa shape index (κ1) is 14.5. The molecule has 1 aromatic heterocycles. The van der Waals surface area contributed by atoms with Gasteiger partial charge in [0, 0.05) is 12.7 Å².